The number of unbranched alkanes of at least 4 members (excludes halogenated alkanes) is 1. The lowest BCUT2D eigenvalue weighted by Crippen LogP contribution is -2.59. The Kier molecular flexibility index (Phi) is 9.02. The summed E-state index contributed by atoms with van der Waals surface area (Å²) >= 11 is 0. The predicted molar refractivity (Wildman–Crippen MR) is 100 cm³/mol. The van der Waals surface area contributed by atoms with Crippen LogP contribution in [0, 0.1) is 0 Å². The molecule has 11 heteroatoms. The lowest BCUT2D eigenvalue weighted by Gasteiger charge is -2.35. The highest BCUT2D eigenvalue weighted by Crippen LogP contribution is 2.15. The quantitative estimate of drug-likeness (QED) is 0.337. The van der Waals surface area contributed by atoms with Crippen LogP contribution in [0.25, 0.3) is 0 Å². The fourth-order valence-corrected chi connectivity index (χ4v) is 2.82. The van der Waals surface area contributed by atoms with E-state index in [1.165, 1.54) is 0 Å². The van der Waals surface area contributed by atoms with Crippen LogP contribution in [0.5, 0.6) is 0 Å². The van der Waals surface area contributed by atoms with Gasteiger partial charge in [0.05, 0.1) is 13.1 Å². The summed E-state index contributed by atoms with van der Waals surface area (Å²) < 4.78 is 5.11. The molecular weight excluding hydrogens is 386 g/mol. The molecule has 0 radical (unpaired) electrons. The number of aliphatic carboxylic acids is 2. The Balaban J connectivity index is 2.44. The molecule has 0 spiro atoms. The van der Waals surface area contributed by atoms with Crippen LogP contribution < -0.4 is 5.32 Å². The normalized spacial score (nSPS) is 16.4. The molecule has 1 rings (SSSR count). The van der Waals surface area contributed by atoms with Gasteiger partial charge in [-0.25, -0.2) is 9.59 Å². The van der Waals surface area contributed by atoms with Crippen molar-refractivity contribution >= 4 is 29.8 Å². The number of hydrogen-bond acceptors (Lipinski definition) is 7. The Morgan fingerprint density at radius 3 is 2.17 bits per heavy atom. The minimum atomic E-state index is -1.48. The Hall–Kier alpha value is -2.69. The summed E-state index contributed by atoms with van der Waals surface area (Å²) in [6.07, 6.45) is -0.0888. The molecule has 1 aliphatic heterocycles. The molecule has 3 N–H and O–H groups in total. The molecule has 1 heterocycles. The van der Waals surface area contributed by atoms with Crippen LogP contribution in [-0.4, -0.2) is 87.7 Å². The van der Waals surface area contributed by atoms with E-state index in [-0.39, 0.29) is 19.5 Å². The molecule has 1 saturated heterocycles. The zero-order valence-corrected chi connectivity index (χ0v) is 17.0. The van der Waals surface area contributed by atoms with Gasteiger partial charge in [-0.15, -0.1) is 0 Å². The number of carboxylic acids is 2. The number of ether oxygens (including phenoxy) is 1. The molecule has 1 aliphatic rings. The molecule has 11 nitrogen and oxygen atoms in total. The van der Waals surface area contributed by atoms with E-state index in [0.717, 1.165) is 0 Å². The van der Waals surface area contributed by atoms with Crippen LogP contribution in [0.3, 0.4) is 0 Å². The average molecular weight is 415 g/mol. The maximum Gasteiger partial charge on any atom is 0.407 e. The Morgan fingerprint density at radius 1 is 1.10 bits per heavy atom. The molecule has 3 amide bonds. The second-order valence-corrected chi connectivity index (χ2v) is 7.79. The first-order chi connectivity index (χ1) is 13.4. The first-order valence-corrected chi connectivity index (χ1v) is 9.39. The maximum absolute atomic E-state index is 12.3. The average Bonchev–Trinajstić information content (AvgIpc) is 2.54. The highest BCUT2D eigenvalue weighted by molar-refractivity contribution is 6.02. The van der Waals surface area contributed by atoms with Crippen molar-refractivity contribution in [1.82, 2.24) is 15.1 Å². The van der Waals surface area contributed by atoms with Crippen LogP contribution in [-0.2, 0) is 23.9 Å². The van der Waals surface area contributed by atoms with E-state index in [2.05, 4.69) is 5.32 Å². The van der Waals surface area contributed by atoms with Gasteiger partial charge in [-0.2, -0.15) is 0 Å². The van der Waals surface area contributed by atoms with Crippen LogP contribution in [0.1, 0.15) is 46.5 Å². The molecule has 0 aromatic carbocycles. The van der Waals surface area contributed by atoms with Gasteiger partial charge < -0.3 is 20.3 Å². The zero-order valence-electron chi connectivity index (χ0n) is 17.0. The standard InChI is InChI=1S/C18H29N3O8/c1-18(2,3)29-17(28)19-8-4-5-9-20-10-13(22)21(14(23)11-20)12(16(26)27)6-7-15(24)25/h12H,4-11H2,1-3H3,(H,19,28)(H,24,25)(H,26,27)/t12-/m0/s1. The fraction of sp³-hybridized carbons (Fsp3) is 0.722. The Bertz CT molecular complexity index is 626. The largest absolute Gasteiger partial charge is 0.481 e. The highest BCUT2D eigenvalue weighted by Gasteiger charge is 2.39. The Morgan fingerprint density at radius 2 is 1.69 bits per heavy atom. The molecule has 0 saturated carbocycles. The van der Waals surface area contributed by atoms with Gasteiger partial charge in [-0.05, 0) is 46.6 Å². The van der Waals surface area contributed by atoms with Crippen LogP contribution in [0.4, 0.5) is 4.79 Å². The number of imide groups is 1. The third-order valence-electron chi connectivity index (χ3n) is 4.05. The van der Waals surface area contributed by atoms with Crippen LogP contribution in [0.2, 0.25) is 0 Å². The van der Waals surface area contributed by atoms with E-state index in [1.54, 1.807) is 25.7 Å². The summed E-state index contributed by atoms with van der Waals surface area (Å²) in [5.74, 6) is -3.93. The van der Waals surface area contributed by atoms with E-state index in [1.807, 2.05) is 0 Å². The third kappa shape index (κ3) is 8.90. The highest BCUT2D eigenvalue weighted by atomic mass is 16.6. The van der Waals surface area contributed by atoms with Gasteiger partial charge in [-0.3, -0.25) is 24.2 Å². The third-order valence-corrected chi connectivity index (χ3v) is 4.05. The molecule has 1 atom stereocenters. The first kappa shape index (κ1) is 24.3. The summed E-state index contributed by atoms with van der Waals surface area (Å²) in [6, 6.07) is -1.48. The van der Waals surface area contributed by atoms with Gasteiger partial charge in [0, 0.05) is 13.0 Å². The lowest BCUT2D eigenvalue weighted by molar-refractivity contribution is -0.163. The van der Waals surface area contributed by atoms with Gasteiger partial charge in [0.2, 0.25) is 11.8 Å². The minimum Gasteiger partial charge on any atom is -0.481 e. The number of carbonyl (C=O) groups excluding carboxylic acids is 3. The summed E-state index contributed by atoms with van der Waals surface area (Å²) in [6.45, 7) is 5.84. The number of nitrogens with zero attached hydrogens (tertiary/aromatic N) is 2. The van der Waals surface area contributed by atoms with Crippen molar-refractivity contribution in [2.24, 2.45) is 0 Å². The van der Waals surface area contributed by atoms with E-state index >= 15 is 0 Å². The van der Waals surface area contributed by atoms with Crippen LogP contribution >= 0.6 is 0 Å². The van der Waals surface area contributed by atoms with Gasteiger partial charge in [0.1, 0.15) is 11.6 Å². The number of nitrogens with one attached hydrogen (secondary N) is 1. The molecule has 0 aliphatic carbocycles. The Labute approximate surface area is 169 Å². The number of carboxylic acid groups (broad SMARTS) is 2. The summed E-state index contributed by atoms with van der Waals surface area (Å²) in [5.41, 5.74) is -0.581. The van der Waals surface area contributed by atoms with Gasteiger partial charge in [0.25, 0.3) is 0 Å². The number of hydrogen-bond donors (Lipinski definition) is 3. The van der Waals surface area contributed by atoms with Crippen molar-refractivity contribution in [2.45, 2.75) is 58.1 Å². The van der Waals surface area contributed by atoms with Crippen molar-refractivity contribution in [3.63, 3.8) is 0 Å². The molecule has 0 aromatic heterocycles. The molecule has 0 bridgehead atoms. The number of carbonyl (C=O) groups is 5. The maximum atomic E-state index is 12.3. The number of amides is 3. The van der Waals surface area contributed by atoms with E-state index in [4.69, 9.17) is 9.84 Å². The van der Waals surface area contributed by atoms with Crippen molar-refractivity contribution in [3.8, 4) is 0 Å². The molecule has 164 valence electrons. The molecule has 0 unspecified atom stereocenters. The smallest absolute Gasteiger partial charge is 0.407 e. The van der Waals surface area contributed by atoms with Gasteiger partial charge >= 0.3 is 18.0 Å². The number of rotatable bonds is 10. The van der Waals surface area contributed by atoms with Crippen molar-refractivity contribution in [1.29, 1.82) is 0 Å². The van der Waals surface area contributed by atoms with Crippen molar-refractivity contribution in [3.05, 3.63) is 0 Å². The van der Waals surface area contributed by atoms with Gasteiger partial charge in [-0.1, -0.05) is 0 Å². The minimum absolute atomic E-state index is 0.123. The SMILES string of the molecule is CC(C)(C)OC(=O)NCCCCN1CC(=O)N([C@@H](CCC(=O)O)C(=O)O)C(=O)C1. The first-order valence-electron chi connectivity index (χ1n) is 9.39. The zero-order chi connectivity index (χ0) is 22.2. The summed E-state index contributed by atoms with van der Waals surface area (Å²) in [5, 5.41) is 20.6. The van der Waals surface area contributed by atoms with E-state index < -0.39 is 47.9 Å². The van der Waals surface area contributed by atoms with E-state index in [0.29, 0.717) is 30.8 Å². The molecular formula is C18H29N3O8. The fourth-order valence-electron chi connectivity index (χ4n) is 2.82. The topological polar surface area (TPSA) is 154 Å². The van der Waals surface area contributed by atoms with Crippen LogP contribution in [0.15, 0.2) is 0 Å². The van der Waals surface area contributed by atoms with Crippen molar-refractivity contribution in [2.75, 3.05) is 26.2 Å². The second kappa shape index (κ2) is 10.7. The second-order valence-electron chi connectivity index (χ2n) is 7.79. The van der Waals surface area contributed by atoms with Gasteiger partial charge in [0.15, 0.2) is 0 Å². The summed E-state index contributed by atoms with van der Waals surface area (Å²) in [7, 11) is 0. The monoisotopic (exact) mass is 415 g/mol. The predicted octanol–water partition coefficient (Wildman–Crippen LogP) is 0.280. The summed E-state index contributed by atoms with van der Waals surface area (Å²) in [4.78, 5) is 60.4. The van der Waals surface area contributed by atoms with Crippen molar-refractivity contribution < 1.29 is 38.9 Å². The number of piperazine rings is 1. The molecule has 1 fully saturated rings. The molecule has 29 heavy (non-hydrogen) atoms. The lowest BCUT2D eigenvalue weighted by atomic mass is 10.1. The number of alkyl carbamates (subject to hydrolysis) is 1. The van der Waals surface area contributed by atoms with E-state index in [9.17, 15) is 29.1 Å². The molecule has 0 aromatic rings.